The zero-order valence-corrected chi connectivity index (χ0v) is 13.0. The summed E-state index contributed by atoms with van der Waals surface area (Å²) in [4.78, 5) is 26.9. The van der Waals surface area contributed by atoms with Crippen LogP contribution in [0.4, 0.5) is 10.5 Å². The third-order valence-electron chi connectivity index (χ3n) is 3.56. The van der Waals surface area contributed by atoms with E-state index in [1.165, 1.54) is 0 Å². The molecule has 5 nitrogen and oxygen atoms in total. The van der Waals surface area contributed by atoms with Crippen LogP contribution in [0.3, 0.4) is 0 Å². The Balaban J connectivity index is 2.99. The van der Waals surface area contributed by atoms with Crippen molar-refractivity contribution in [3.63, 3.8) is 0 Å². The van der Waals surface area contributed by atoms with Gasteiger partial charge < -0.3 is 10.0 Å². The van der Waals surface area contributed by atoms with Crippen molar-refractivity contribution in [1.29, 1.82) is 0 Å². The fourth-order valence-electron chi connectivity index (χ4n) is 2.16. The maximum atomic E-state index is 12.7. The van der Waals surface area contributed by atoms with Crippen LogP contribution in [0.2, 0.25) is 0 Å². The number of carboxylic acid groups (broad SMARTS) is 1. The van der Waals surface area contributed by atoms with Gasteiger partial charge in [-0.15, -0.1) is 0 Å². The second-order valence-corrected chi connectivity index (χ2v) is 4.96. The second-order valence-electron chi connectivity index (χ2n) is 4.96. The standard InChI is InChI=1S/C16H24N2O3/c1-4-13(3)17(5-2)16(21)18(12-11-15(19)20)14-9-7-6-8-10-14/h6-10,13H,4-5,11-12H2,1-3H3,(H,19,20). The molecule has 2 amide bonds. The molecule has 1 aromatic rings. The van der Waals surface area contributed by atoms with Gasteiger partial charge in [0, 0.05) is 24.8 Å². The molecule has 0 heterocycles. The van der Waals surface area contributed by atoms with Gasteiger partial charge in [0.25, 0.3) is 0 Å². The van der Waals surface area contributed by atoms with Crippen LogP contribution in [0.15, 0.2) is 30.3 Å². The van der Waals surface area contributed by atoms with Crippen molar-refractivity contribution in [2.24, 2.45) is 0 Å². The fraction of sp³-hybridized carbons (Fsp3) is 0.500. The number of benzene rings is 1. The number of para-hydroxylation sites is 1. The van der Waals surface area contributed by atoms with Gasteiger partial charge in [0.15, 0.2) is 0 Å². The first-order valence-corrected chi connectivity index (χ1v) is 7.36. The van der Waals surface area contributed by atoms with Crippen LogP contribution in [0.1, 0.15) is 33.6 Å². The number of urea groups is 1. The summed E-state index contributed by atoms with van der Waals surface area (Å²) in [6.07, 6.45) is 0.792. The molecular weight excluding hydrogens is 268 g/mol. The average molecular weight is 292 g/mol. The minimum atomic E-state index is -0.907. The van der Waals surface area contributed by atoms with Gasteiger partial charge in [-0.1, -0.05) is 25.1 Å². The quantitative estimate of drug-likeness (QED) is 0.839. The smallest absolute Gasteiger partial charge is 0.324 e. The molecule has 0 aliphatic carbocycles. The van der Waals surface area contributed by atoms with Crippen molar-refractivity contribution < 1.29 is 14.7 Å². The van der Waals surface area contributed by atoms with Crippen molar-refractivity contribution >= 4 is 17.7 Å². The van der Waals surface area contributed by atoms with Gasteiger partial charge in [0.1, 0.15) is 0 Å². The van der Waals surface area contributed by atoms with Crippen molar-refractivity contribution in [1.82, 2.24) is 4.90 Å². The molecule has 0 fully saturated rings. The van der Waals surface area contributed by atoms with E-state index in [0.717, 1.165) is 12.1 Å². The molecule has 0 bridgehead atoms. The van der Waals surface area contributed by atoms with Gasteiger partial charge in [0.05, 0.1) is 6.42 Å². The maximum absolute atomic E-state index is 12.7. The van der Waals surface area contributed by atoms with E-state index in [4.69, 9.17) is 5.11 Å². The molecule has 0 aromatic heterocycles. The van der Waals surface area contributed by atoms with E-state index in [1.807, 2.05) is 51.1 Å². The lowest BCUT2D eigenvalue weighted by atomic mass is 10.2. The first kappa shape index (κ1) is 17.0. The Morgan fingerprint density at radius 2 is 1.81 bits per heavy atom. The van der Waals surface area contributed by atoms with Crippen LogP contribution in [0.25, 0.3) is 0 Å². The van der Waals surface area contributed by atoms with Gasteiger partial charge >= 0.3 is 12.0 Å². The van der Waals surface area contributed by atoms with Gasteiger partial charge in [0.2, 0.25) is 0 Å². The van der Waals surface area contributed by atoms with Crippen molar-refractivity contribution in [3.05, 3.63) is 30.3 Å². The Kier molecular flexibility index (Phi) is 6.72. The summed E-state index contributed by atoms with van der Waals surface area (Å²) < 4.78 is 0. The van der Waals surface area contributed by atoms with E-state index >= 15 is 0 Å². The molecule has 0 saturated carbocycles. The van der Waals surface area contributed by atoms with Crippen LogP contribution in [0, 0.1) is 0 Å². The van der Waals surface area contributed by atoms with E-state index in [0.29, 0.717) is 6.54 Å². The molecule has 116 valence electrons. The highest BCUT2D eigenvalue weighted by Gasteiger charge is 2.24. The first-order chi connectivity index (χ1) is 10.0. The SMILES string of the molecule is CCC(C)N(CC)C(=O)N(CCC(=O)O)c1ccccc1. The number of amides is 2. The third-order valence-corrected chi connectivity index (χ3v) is 3.56. The molecule has 0 aliphatic heterocycles. The number of rotatable bonds is 7. The van der Waals surface area contributed by atoms with Crippen LogP contribution < -0.4 is 4.90 Å². The van der Waals surface area contributed by atoms with Crippen molar-refractivity contribution in [2.45, 2.75) is 39.7 Å². The molecule has 0 spiro atoms. The molecule has 5 heteroatoms. The van der Waals surface area contributed by atoms with E-state index in [-0.39, 0.29) is 25.0 Å². The number of carboxylic acids is 1. The van der Waals surface area contributed by atoms with Gasteiger partial charge in [-0.05, 0) is 32.4 Å². The zero-order chi connectivity index (χ0) is 15.8. The fourth-order valence-corrected chi connectivity index (χ4v) is 2.16. The number of carbonyl (C=O) groups is 2. The monoisotopic (exact) mass is 292 g/mol. The van der Waals surface area contributed by atoms with Crippen LogP contribution >= 0.6 is 0 Å². The number of aliphatic carboxylic acids is 1. The molecule has 1 atom stereocenters. The Labute approximate surface area is 126 Å². The Morgan fingerprint density at radius 1 is 1.19 bits per heavy atom. The molecule has 1 unspecified atom stereocenters. The van der Waals surface area contributed by atoms with Crippen molar-refractivity contribution in [3.8, 4) is 0 Å². The van der Waals surface area contributed by atoms with E-state index in [2.05, 4.69) is 0 Å². The van der Waals surface area contributed by atoms with Crippen LogP contribution in [-0.2, 0) is 4.79 Å². The predicted octanol–water partition coefficient (Wildman–Crippen LogP) is 3.21. The minimum absolute atomic E-state index is 0.0707. The minimum Gasteiger partial charge on any atom is -0.481 e. The third kappa shape index (κ3) is 4.77. The molecule has 0 saturated heterocycles. The Hall–Kier alpha value is -2.04. The summed E-state index contributed by atoms with van der Waals surface area (Å²) in [5, 5.41) is 8.89. The summed E-state index contributed by atoms with van der Waals surface area (Å²) in [6.45, 7) is 6.74. The normalized spacial score (nSPS) is 11.8. The molecule has 21 heavy (non-hydrogen) atoms. The van der Waals surface area contributed by atoms with Crippen LogP contribution in [0.5, 0.6) is 0 Å². The topological polar surface area (TPSA) is 60.9 Å². The summed E-state index contributed by atoms with van der Waals surface area (Å²) in [6, 6.07) is 9.19. The molecule has 0 aliphatic rings. The number of anilines is 1. The van der Waals surface area contributed by atoms with E-state index in [1.54, 1.807) is 9.80 Å². The number of hydrogen-bond donors (Lipinski definition) is 1. The Bertz CT molecular complexity index is 462. The summed E-state index contributed by atoms with van der Waals surface area (Å²) in [7, 11) is 0. The van der Waals surface area contributed by atoms with Gasteiger partial charge in [-0.2, -0.15) is 0 Å². The highest BCUT2D eigenvalue weighted by Crippen LogP contribution is 2.18. The highest BCUT2D eigenvalue weighted by molar-refractivity contribution is 5.92. The van der Waals surface area contributed by atoms with Gasteiger partial charge in [-0.25, -0.2) is 4.79 Å². The highest BCUT2D eigenvalue weighted by atomic mass is 16.4. The number of nitrogens with zero attached hydrogens (tertiary/aromatic N) is 2. The molecule has 1 rings (SSSR count). The summed E-state index contributed by atoms with van der Waals surface area (Å²) in [5.41, 5.74) is 0.727. The summed E-state index contributed by atoms with van der Waals surface area (Å²) >= 11 is 0. The lowest BCUT2D eigenvalue weighted by molar-refractivity contribution is -0.136. The number of carbonyl (C=O) groups excluding carboxylic acids is 1. The predicted molar refractivity (Wildman–Crippen MR) is 83.6 cm³/mol. The maximum Gasteiger partial charge on any atom is 0.324 e. The van der Waals surface area contributed by atoms with Gasteiger partial charge in [-0.3, -0.25) is 9.69 Å². The largest absolute Gasteiger partial charge is 0.481 e. The second kappa shape index (κ2) is 8.29. The lowest BCUT2D eigenvalue weighted by Gasteiger charge is -2.33. The first-order valence-electron chi connectivity index (χ1n) is 7.36. The molecule has 0 radical (unpaired) electrons. The van der Waals surface area contributed by atoms with E-state index in [9.17, 15) is 9.59 Å². The summed E-state index contributed by atoms with van der Waals surface area (Å²) in [5.74, 6) is -0.907. The molecule has 1 N–H and O–H groups in total. The average Bonchev–Trinajstić information content (AvgIpc) is 2.48. The lowest BCUT2D eigenvalue weighted by Crippen LogP contribution is -2.48. The number of hydrogen-bond acceptors (Lipinski definition) is 2. The molecule has 1 aromatic carbocycles. The van der Waals surface area contributed by atoms with Crippen molar-refractivity contribution in [2.75, 3.05) is 18.0 Å². The molecular formula is C16H24N2O3. The Morgan fingerprint density at radius 3 is 2.29 bits per heavy atom. The zero-order valence-electron chi connectivity index (χ0n) is 13.0. The van der Waals surface area contributed by atoms with E-state index < -0.39 is 5.97 Å². The van der Waals surface area contributed by atoms with Crippen LogP contribution in [-0.4, -0.2) is 41.1 Å².